The highest BCUT2D eigenvalue weighted by atomic mass is 16.5. The van der Waals surface area contributed by atoms with Gasteiger partial charge in [0, 0.05) is 36.8 Å². The molecule has 3 rings (SSSR count). The van der Waals surface area contributed by atoms with Gasteiger partial charge in [-0.1, -0.05) is 6.07 Å². The van der Waals surface area contributed by atoms with Gasteiger partial charge in [-0.3, -0.25) is 0 Å². The lowest BCUT2D eigenvalue weighted by molar-refractivity contribution is 0.0438. The van der Waals surface area contributed by atoms with Crippen molar-refractivity contribution in [3.05, 3.63) is 23.9 Å². The fraction of sp³-hybridized carbons (Fsp3) is 0.667. The second-order valence-electron chi connectivity index (χ2n) is 7.21. The third kappa shape index (κ3) is 4.63. The average molecular weight is 365 g/mol. The molecule has 26 heavy (non-hydrogen) atoms. The van der Waals surface area contributed by atoms with E-state index in [-0.39, 0.29) is 12.6 Å². The molecule has 144 valence electrons. The number of ether oxygens (including phenoxy) is 2. The summed E-state index contributed by atoms with van der Waals surface area (Å²) in [6.07, 6.45) is -0.902. The van der Waals surface area contributed by atoms with Crippen LogP contribution in [-0.4, -0.2) is 77.8 Å². The first-order valence-electron chi connectivity index (χ1n) is 9.01. The lowest BCUT2D eigenvalue weighted by atomic mass is 9.86. The van der Waals surface area contributed by atoms with E-state index in [0.717, 1.165) is 5.69 Å². The first kappa shape index (κ1) is 18.9. The lowest BCUT2D eigenvalue weighted by Crippen LogP contribution is -2.49. The molecule has 8 heteroatoms. The number of carbonyl (C=O) groups is 1. The van der Waals surface area contributed by atoms with Crippen LogP contribution < -0.4 is 10.1 Å². The molecule has 8 nitrogen and oxygen atoms in total. The number of hydrogen-bond acceptors (Lipinski definition) is 6. The van der Waals surface area contributed by atoms with E-state index in [1.807, 2.05) is 19.1 Å². The van der Waals surface area contributed by atoms with Crippen molar-refractivity contribution in [1.29, 1.82) is 0 Å². The summed E-state index contributed by atoms with van der Waals surface area (Å²) in [5.74, 6) is 0.500. The van der Waals surface area contributed by atoms with Crippen molar-refractivity contribution >= 4 is 6.03 Å². The molecule has 1 aliphatic carbocycles. The number of amides is 2. The summed E-state index contributed by atoms with van der Waals surface area (Å²) in [6.45, 7) is 4.68. The Morgan fingerprint density at radius 2 is 2.04 bits per heavy atom. The molecule has 2 heterocycles. The first-order valence-corrected chi connectivity index (χ1v) is 9.01. The van der Waals surface area contributed by atoms with Crippen LogP contribution in [0, 0.1) is 12.3 Å². The van der Waals surface area contributed by atoms with E-state index < -0.39 is 17.6 Å². The van der Waals surface area contributed by atoms with Crippen molar-refractivity contribution in [1.82, 2.24) is 15.2 Å². The topological polar surface area (TPSA) is 104 Å². The molecule has 0 aromatic carbocycles. The van der Waals surface area contributed by atoms with Crippen molar-refractivity contribution in [3.63, 3.8) is 0 Å². The van der Waals surface area contributed by atoms with Crippen LogP contribution in [0.4, 0.5) is 4.79 Å². The predicted octanol–water partition coefficient (Wildman–Crippen LogP) is 0.313. The number of urea groups is 1. The second-order valence-corrected chi connectivity index (χ2v) is 7.21. The van der Waals surface area contributed by atoms with Gasteiger partial charge in [0.1, 0.15) is 0 Å². The van der Waals surface area contributed by atoms with Gasteiger partial charge >= 0.3 is 6.03 Å². The van der Waals surface area contributed by atoms with Crippen LogP contribution in [0.5, 0.6) is 5.88 Å². The van der Waals surface area contributed by atoms with Gasteiger partial charge in [0.05, 0.1) is 32.0 Å². The molecule has 1 aromatic heterocycles. The van der Waals surface area contributed by atoms with Crippen LogP contribution in [0.15, 0.2) is 18.2 Å². The molecule has 2 amide bonds. The number of carbonyl (C=O) groups excluding carboxylic acids is 1. The summed E-state index contributed by atoms with van der Waals surface area (Å²) in [6, 6.07) is 5.36. The number of morpholine rings is 1. The zero-order valence-electron chi connectivity index (χ0n) is 15.1. The van der Waals surface area contributed by atoms with Crippen LogP contribution >= 0.6 is 0 Å². The first-order chi connectivity index (χ1) is 12.5. The maximum absolute atomic E-state index is 12.4. The van der Waals surface area contributed by atoms with Gasteiger partial charge in [-0.2, -0.15) is 0 Å². The smallest absolute Gasteiger partial charge is 0.317 e. The van der Waals surface area contributed by atoms with E-state index in [9.17, 15) is 15.0 Å². The summed E-state index contributed by atoms with van der Waals surface area (Å²) >= 11 is 0. The molecule has 2 aliphatic rings. The summed E-state index contributed by atoms with van der Waals surface area (Å²) in [7, 11) is 0. The molecule has 1 saturated heterocycles. The zero-order chi connectivity index (χ0) is 18.6. The SMILES string of the molecule is Cc1cccc(OCC2(CNC(=O)N3CCOCC3)C[C@@H](O)[C@@H](O)C2)n1. The van der Waals surface area contributed by atoms with E-state index in [1.165, 1.54) is 0 Å². The summed E-state index contributed by atoms with van der Waals surface area (Å²) in [5, 5.41) is 23.0. The summed E-state index contributed by atoms with van der Waals surface area (Å²) in [4.78, 5) is 18.4. The predicted molar refractivity (Wildman–Crippen MR) is 93.9 cm³/mol. The van der Waals surface area contributed by atoms with E-state index in [1.54, 1.807) is 11.0 Å². The number of aryl methyl sites for hydroxylation is 1. The zero-order valence-corrected chi connectivity index (χ0v) is 15.1. The quantitative estimate of drug-likeness (QED) is 0.694. The molecule has 2 fully saturated rings. The molecule has 1 aromatic rings. The van der Waals surface area contributed by atoms with Crippen molar-refractivity contribution in [3.8, 4) is 5.88 Å². The average Bonchev–Trinajstić information content (AvgIpc) is 2.93. The van der Waals surface area contributed by atoms with Gasteiger partial charge in [0.15, 0.2) is 0 Å². The van der Waals surface area contributed by atoms with Gasteiger partial charge in [-0.15, -0.1) is 0 Å². The van der Waals surface area contributed by atoms with Crippen molar-refractivity contribution in [2.75, 3.05) is 39.5 Å². The molecular weight excluding hydrogens is 338 g/mol. The van der Waals surface area contributed by atoms with Crippen molar-refractivity contribution < 1.29 is 24.5 Å². The maximum Gasteiger partial charge on any atom is 0.317 e. The fourth-order valence-corrected chi connectivity index (χ4v) is 3.52. The minimum Gasteiger partial charge on any atom is -0.477 e. The normalized spacial score (nSPS) is 28.8. The van der Waals surface area contributed by atoms with Crippen LogP contribution in [0.25, 0.3) is 0 Å². The number of nitrogens with one attached hydrogen (secondary N) is 1. The number of aliphatic hydroxyl groups excluding tert-OH is 2. The van der Waals surface area contributed by atoms with Crippen LogP contribution in [0.1, 0.15) is 18.5 Å². The Morgan fingerprint density at radius 1 is 1.35 bits per heavy atom. The standard InChI is InChI=1S/C18H27N3O5/c1-13-3-2-4-16(20-13)26-12-18(9-14(22)15(23)10-18)11-19-17(24)21-5-7-25-8-6-21/h2-4,14-15,22-23H,5-12H2,1H3,(H,19,24)/t14-,15+,18?. The molecule has 3 N–H and O–H groups in total. The van der Waals surface area contributed by atoms with Crippen molar-refractivity contribution in [2.45, 2.75) is 32.0 Å². The Kier molecular flexibility index (Phi) is 5.95. The van der Waals surface area contributed by atoms with Crippen molar-refractivity contribution in [2.24, 2.45) is 5.41 Å². The number of aromatic nitrogens is 1. The van der Waals surface area contributed by atoms with Gasteiger partial charge in [-0.25, -0.2) is 9.78 Å². The summed E-state index contributed by atoms with van der Waals surface area (Å²) in [5.41, 5.74) is 0.315. The minimum atomic E-state index is -0.815. The van der Waals surface area contributed by atoms with Gasteiger partial charge in [-0.05, 0) is 25.8 Å². The van der Waals surface area contributed by atoms with E-state index in [4.69, 9.17) is 9.47 Å². The Morgan fingerprint density at radius 3 is 2.69 bits per heavy atom. The Bertz CT molecular complexity index is 611. The number of nitrogens with zero attached hydrogens (tertiary/aromatic N) is 2. The molecule has 1 unspecified atom stereocenters. The maximum atomic E-state index is 12.4. The Hall–Kier alpha value is -1.90. The van der Waals surface area contributed by atoms with Crippen LogP contribution in [0.2, 0.25) is 0 Å². The number of rotatable bonds is 5. The largest absolute Gasteiger partial charge is 0.477 e. The fourth-order valence-electron chi connectivity index (χ4n) is 3.52. The molecule has 0 radical (unpaired) electrons. The van der Waals surface area contributed by atoms with E-state index >= 15 is 0 Å². The Labute approximate surface area is 153 Å². The second kappa shape index (κ2) is 8.20. The van der Waals surface area contributed by atoms with E-state index in [0.29, 0.717) is 51.6 Å². The lowest BCUT2D eigenvalue weighted by Gasteiger charge is -2.32. The molecule has 0 spiro atoms. The highest BCUT2D eigenvalue weighted by Gasteiger charge is 2.45. The molecular formula is C18H27N3O5. The number of pyridine rings is 1. The third-order valence-electron chi connectivity index (χ3n) is 5.03. The monoisotopic (exact) mass is 365 g/mol. The van der Waals surface area contributed by atoms with Crippen LogP contribution in [0.3, 0.4) is 0 Å². The van der Waals surface area contributed by atoms with E-state index in [2.05, 4.69) is 10.3 Å². The summed E-state index contributed by atoms with van der Waals surface area (Å²) < 4.78 is 11.1. The minimum absolute atomic E-state index is 0.155. The highest BCUT2D eigenvalue weighted by Crippen LogP contribution is 2.38. The van der Waals surface area contributed by atoms with Gasteiger partial charge in [0.2, 0.25) is 5.88 Å². The number of aliphatic hydroxyl groups is 2. The van der Waals surface area contributed by atoms with Crippen LogP contribution in [-0.2, 0) is 4.74 Å². The molecule has 1 aliphatic heterocycles. The third-order valence-corrected chi connectivity index (χ3v) is 5.03. The number of hydrogen-bond donors (Lipinski definition) is 3. The molecule has 0 bridgehead atoms. The molecule has 1 saturated carbocycles. The van der Waals surface area contributed by atoms with Gasteiger partial charge in [0.25, 0.3) is 0 Å². The Balaban J connectivity index is 1.61. The highest BCUT2D eigenvalue weighted by molar-refractivity contribution is 5.74. The van der Waals surface area contributed by atoms with Gasteiger partial charge < -0.3 is 29.9 Å². The molecule has 3 atom stereocenters.